The zero-order valence-corrected chi connectivity index (χ0v) is 20.9. The second kappa shape index (κ2) is 11.4. The lowest BCUT2D eigenvalue weighted by Gasteiger charge is -2.30. The van der Waals surface area contributed by atoms with Crippen molar-refractivity contribution in [3.05, 3.63) is 96.1 Å². The van der Waals surface area contributed by atoms with Gasteiger partial charge in [0.2, 0.25) is 5.91 Å². The summed E-state index contributed by atoms with van der Waals surface area (Å²) in [5.74, 6) is -1.41. The Morgan fingerprint density at radius 1 is 0.838 bits per heavy atom. The lowest BCUT2D eigenvalue weighted by atomic mass is 10.1. The van der Waals surface area contributed by atoms with Gasteiger partial charge in [-0.1, -0.05) is 36.4 Å². The minimum absolute atomic E-state index is 0.0919. The van der Waals surface area contributed by atoms with Crippen LogP contribution in [-0.2, 0) is 14.8 Å². The molecular formula is C27H28N4O5S. The highest BCUT2D eigenvalue weighted by atomic mass is 32.2. The maximum Gasteiger partial charge on any atom is 0.272 e. The summed E-state index contributed by atoms with van der Waals surface area (Å²) in [6.07, 6.45) is 1.45. The van der Waals surface area contributed by atoms with E-state index in [4.69, 9.17) is 5.73 Å². The molecule has 0 saturated carbocycles. The molecule has 4 rings (SSSR count). The number of rotatable bonds is 7. The number of para-hydroxylation sites is 1. The van der Waals surface area contributed by atoms with Crippen LogP contribution >= 0.6 is 0 Å². The highest BCUT2D eigenvalue weighted by Gasteiger charge is 2.32. The van der Waals surface area contributed by atoms with Crippen molar-refractivity contribution in [2.45, 2.75) is 23.8 Å². The number of benzene rings is 3. The van der Waals surface area contributed by atoms with Gasteiger partial charge >= 0.3 is 0 Å². The molecule has 0 bridgehead atoms. The quantitative estimate of drug-likeness (QED) is 0.492. The zero-order chi connectivity index (χ0) is 26.4. The van der Waals surface area contributed by atoms with Crippen LogP contribution in [0.2, 0.25) is 0 Å². The van der Waals surface area contributed by atoms with Crippen LogP contribution in [0.3, 0.4) is 0 Å². The van der Waals surface area contributed by atoms with Crippen LogP contribution in [0.25, 0.3) is 0 Å². The molecule has 0 radical (unpaired) electrons. The summed E-state index contributed by atoms with van der Waals surface area (Å²) in [6, 6.07) is 21.5. The predicted molar refractivity (Wildman–Crippen MR) is 139 cm³/mol. The van der Waals surface area contributed by atoms with Crippen molar-refractivity contribution in [3.63, 3.8) is 0 Å². The van der Waals surface area contributed by atoms with Crippen LogP contribution in [0, 0.1) is 0 Å². The van der Waals surface area contributed by atoms with Crippen molar-refractivity contribution in [1.29, 1.82) is 0 Å². The number of hydrogen-bond donors (Lipinski definition) is 2. The molecule has 0 spiro atoms. The third-order valence-electron chi connectivity index (χ3n) is 6.14. The van der Waals surface area contributed by atoms with Gasteiger partial charge in [0.1, 0.15) is 0 Å². The van der Waals surface area contributed by atoms with Crippen molar-refractivity contribution < 1.29 is 22.8 Å². The summed E-state index contributed by atoms with van der Waals surface area (Å²) in [4.78, 5) is 39.7. The molecule has 0 aliphatic carbocycles. The van der Waals surface area contributed by atoms with Crippen LogP contribution in [0.5, 0.6) is 0 Å². The SMILES string of the molecule is NC1CCN(C(=O)CNC(=O)c2ccc(S(=O)(=O)N(C(=O)c3ccccc3)c3ccccc3)cc2)CC1. The minimum atomic E-state index is -4.31. The maximum absolute atomic E-state index is 13.6. The van der Waals surface area contributed by atoms with E-state index in [0.29, 0.717) is 13.1 Å². The van der Waals surface area contributed by atoms with Gasteiger partial charge in [-0.15, -0.1) is 0 Å². The number of nitrogens with zero attached hydrogens (tertiary/aromatic N) is 2. The fraction of sp³-hybridized carbons (Fsp3) is 0.222. The number of hydrogen-bond acceptors (Lipinski definition) is 6. The highest BCUT2D eigenvalue weighted by Crippen LogP contribution is 2.26. The molecule has 1 aliphatic heterocycles. The summed E-state index contributed by atoms with van der Waals surface area (Å²) in [5.41, 5.74) is 6.46. The first-order chi connectivity index (χ1) is 17.8. The summed E-state index contributed by atoms with van der Waals surface area (Å²) in [6.45, 7) is 0.950. The van der Waals surface area contributed by atoms with Gasteiger partial charge in [0, 0.05) is 30.3 Å². The first kappa shape index (κ1) is 26.1. The van der Waals surface area contributed by atoms with Gasteiger partial charge in [-0.25, -0.2) is 8.42 Å². The summed E-state index contributed by atoms with van der Waals surface area (Å²) >= 11 is 0. The molecule has 3 amide bonds. The molecule has 0 unspecified atom stereocenters. The zero-order valence-electron chi connectivity index (χ0n) is 20.1. The second-order valence-electron chi connectivity index (χ2n) is 8.70. The van der Waals surface area contributed by atoms with Crippen molar-refractivity contribution in [3.8, 4) is 0 Å². The summed E-state index contributed by atoms with van der Waals surface area (Å²) in [7, 11) is -4.31. The number of piperidine rings is 1. The molecule has 10 heteroatoms. The molecule has 1 saturated heterocycles. The van der Waals surface area contributed by atoms with Gasteiger partial charge in [-0.2, -0.15) is 4.31 Å². The number of sulfonamides is 1. The minimum Gasteiger partial charge on any atom is -0.343 e. The van der Waals surface area contributed by atoms with E-state index in [0.717, 1.165) is 17.1 Å². The lowest BCUT2D eigenvalue weighted by Crippen LogP contribution is -2.46. The standard InChI is InChI=1S/C27H28N4O5S/c28-22-15-17-30(18-16-22)25(32)19-29-26(33)20-11-13-24(14-12-20)37(35,36)31(23-9-5-2-6-10-23)27(34)21-7-3-1-4-8-21/h1-14,22H,15-19,28H2,(H,29,33). The van der Waals surface area contributed by atoms with Gasteiger partial charge in [-0.3, -0.25) is 14.4 Å². The van der Waals surface area contributed by atoms with Gasteiger partial charge in [0.25, 0.3) is 21.8 Å². The smallest absolute Gasteiger partial charge is 0.272 e. The third kappa shape index (κ3) is 6.04. The van der Waals surface area contributed by atoms with Crippen LogP contribution in [0.15, 0.2) is 89.8 Å². The number of carbonyl (C=O) groups excluding carboxylic acids is 3. The topological polar surface area (TPSA) is 130 Å². The van der Waals surface area contributed by atoms with E-state index in [9.17, 15) is 22.8 Å². The predicted octanol–water partition coefficient (Wildman–Crippen LogP) is 2.40. The van der Waals surface area contributed by atoms with E-state index in [1.54, 1.807) is 53.4 Å². The Morgan fingerprint density at radius 2 is 1.41 bits per heavy atom. The average molecular weight is 521 g/mol. The van der Waals surface area contributed by atoms with E-state index >= 15 is 0 Å². The largest absolute Gasteiger partial charge is 0.343 e. The fourth-order valence-electron chi connectivity index (χ4n) is 4.03. The fourth-order valence-corrected chi connectivity index (χ4v) is 5.44. The van der Waals surface area contributed by atoms with E-state index in [1.807, 2.05) is 0 Å². The van der Waals surface area contributed by atoms with Crippen molar-refractivity contribution >= 4 is 33.4 Å². The molecule has 3 aromatic rings. The lowest BCUT2D eigenvalue weighted by molar-refractivity contribution is -0.131. The van der Waals surface area contributed by atoms with Gasteiger partial charge in [-0.05, 0) is 61.4 Å². The van der Waals surface area contributed by atoms with Crippen LogP contribution in [0.4, 0.5) is 5.69 Å². The first-order valence-electron chi connectivity index (χ1n) is 11.9. The average Bonchev–Trinajstić information content (AvgIpc) is 2.93. The Hall–Kier alpha value is -4.02. The number of likely N-dealkylation sites (tertiary alicyclic amines) is 1. The third-order valence-corrected chi connectivity index (χ3v) is 7.87. The molecule has 0 aromatic heterocycles. The van der Waals surface area contributed by atoms with E-state index < -0.39 is 21.8 Å². The van der Waals surface area contributed by atoms with Gasteiger partial charge < -0.3 is 16.0 Å². The van der Waals surface area contributed by atoms with Crippen LogP contribution in [0.1, 0.15) is 33.6 Å². The Kier molecular flexibility index (Phi) is 8.00. The van der Waals surface area contributed by atoms with Gasteiger partial charge in [0.15, 0.2) is 0 Å². The van der Waals surface area contributed by atoms with Crippen LogP contribution < -0.4 is 15.4 Å². The number of nitrogens with two attached hydrogens (primary N) is 1. The molecule has 1 aliphatic rings. The number of amides is 3. The Labute approximate surface area is 215 Å². The molecule has 192 valence electrons. The molecule has 37 heavy (non-hydrogen) atoms. The number of anilines is 1. The molecule has 3 aromatic carbocycles. The normalized spacial score (nSPS) is 14.1. The Morgan fingerprint density at radius 3 is 2.00 bits per heavy atom. The molecular weight excluding hydrogens is 492 g/mol. The maximum atomic E-state index is 13.6. The van der Waals surface area contributed by atoms with Crippen molar-refractivity contribution in [2.24, 2.45) is 5.73 Å². The molecule has 0 atom stereocenters. The van der Waals surface area contributed by atoms with Crippen LogP contribution in [-0.4, -0.2) is 56.7 Å². The highest BCUT2D eigenvalue weighted by molar-refractivity contribution is 7.93. The summed E-state index contributed by atoms with van der Waals surface area (Å²) < 4.78 is 27.9. The Bertz CT molecular complexity index is 1350. The van der Waals surface area contributed by atoms with E-state index in [-0.39, 0.29) is 40.2 Å². The number of carbonyl (C=O) groups is 3. The van der Waals surface area contributed by atoms with Crippen molar-refractivity contribution in [2.75, 3.05) is 23.9 Å². The molecule has 1 fully saturated rings. The first-order valence-corrected chi connectivity index (χ1v) is 13.3. The van der Waals surface area contributed by atoms with Gasteiger partial charge in [0.05, 0.1) is 17.1 Å². The molecule has 3 N–H and O–H groups in total. The Balaban J connectivity index is 1.50. The molecule has 9 nitrogen and oxygen atoms in total. The molecule has 1 heterocycles. The summed E-state index contributed by atoms with van der Waals surface area (Å²) in [5, 5.41) is 2.58. The van der Waals surface area contributed by atoms with E-state index in [1.165, 1.54) is 36.4 Å². The monoisotopic (exact) mass is 520 g/mol. The van der Waals surface area contributed by atoms with Crippen molar-refractivity contribution in [1.82, 2.24) is 10.2 Å². The van der Waals surface area contributed by atoms with E-state index in [2.05, 4.69) is 5.32 Å². The number of nitrogens with one attached hydrogen (secondary N) is 1. The second-order valence-corrected chi connectivity index (χ2v) is 10.5.